The van der Waals surface area contributed by atoms with E-state index in [1.807, 2.05) is 37.2 Å². The quantitative estimate of drug-likeness (QED) is 0.528. The second kappa shape index (κ2) is 11.2. The van der Waals surface area contributed by atoms with Crippen molar-refractivity contribution in [2.75, 3.05) is 67.1 Å². The SMILES string of the molecule is CN=C(NCc1ccccc1OCCN(C)C)N1CCN(C(=O)C2CCCO2)CC1. The third-order valence-corrected chi connectivity index (χ3v) is 5.51. The van der Waals surface area contributed by atoms with Gasteiger partial charge in [0.15, 0.2) is 5.96 Å². The largest absolute Gasteiger partial charge is 0.492 e. The second-order valence-electron chi connectivity index (χ2n) is 7.97. The number of nitrogens with one attached hydrogen (secondary N) is 1. The molecule has 8 heteroatoms. The van der Waals surface area contributed by atoms with E-state index in [9.17, 15) is 4.79 Å². The first kappa shape index (κ1) is 22.4. The number of carbonyl (C=O) groups excluding carboxylic acids is 1. The molecule has 1 aromatic carbocycles. The molecule has 2 fully saturated rings. The molecule has 0 saturated carbocycles. The Morgan fingerprint density at radius 1 is 1.23 bits per heavy atom. The molecule has 1 unspecified atom stereocenters. The summed E-state index contributed by atoms with van der Waals surface area (Å²) in [5.74, 6) is 1.88. The Labute approximate surface area is 179 Å². The van der Waals surface area contributed by atoms with E-state index < -0.39 is 0 Å². The van der Waals surface area contributed by atoms with E-state index in [1.165, 1.54) is 0 Å². The van der Waals surface area contributed by atoms with E-state index in [1.54, 1.807) is 7.05 Å². The normalized spacial score (nSPS) is 20.0. The lowest BCUT2D eigenvalue weighted by atomic mass is 10.2. The Balaban J connectivity index is 1.49. The number of rotatable bonds is 7. The van der Waals surface area contributed by atoms with Crippen molar-refractivity contribution in [1.82, 2.24) is 20.0 Å². The van der Waals surface area contributed by atoms with Gasteiger partial charge in [0.05, 0.1) is 0 Å². The molecule has 30 heavy (non-hydrogen) atoms. The standard InChI is InChI=1S/C22H35N5O3/c1-23-22(24-17-18-7-4-5-8-19(18)30-16-14-25(2)3)27-12-10-26(11-13-27)21(28)20-9-6-15-29-20/h4-5,7-8,20H,6,9-17H2,1-3H3,(H,23,24). The summed E-state index contributed by atoms with van der Waals surface area (Å²) < 4.78 is 11.5. The minimum atomic E-state index is -0.238. The maximum atomic E-state index is 12.5. The summed E-state index contributed by atoms with van der Waals surface area (Å²) in [5, 5.41) is 3.45. The van der Waals surface area contributed by atoms with E-state index in [2.05, 4.69) is 26.2 Å². The number of para-hydroxylation sites is 1. The predicted octanol–water partition coefficient (Wildman–Crippen LogP) is 1.03. The van der Waals surface area contributed by atoms with Crippen molar-refractivity contribution >= 4 is 11.9 Å². The summed E-state index contributed by atoms with van der Waals surface area (Å²) in [5.41, 5.74) is 1.10. The molecule has 8 nitrogen and oxygen atoms in total. The number of carbonyl (C=O) groups is 1. The molecule has 0 spiro atoms. The molecule has 1 N–H and O–H groups in total. The average Bonchev–Trinajstić information content (AvgIpc) is 3.30. The van der Waals surface area contributed by atoms with E-state index in [0.29, 0.717) is 32.8 Å². The third-order valence-electron chi connectivity index (χ3n) is 5.51. The number of guanidine groups is 1. The van der Waals surface area contributed by atoms with Gasteiger partial charge in [0.2, 0.25) is 0 Å². The van der Waals surface area contributed by atoms with Gasteiger partial charge in [0.1, 0.15) is 18.5 Å². The number of ether oxygens (including phenoxy) is 2. The molecule has 0 radical (unpaired) electrons. The molecule has 2 heterocycles. The molecular weight excluding hydrogens is 382 g/mol. The van der Waals surface area contributed by atoms with Crippen molar-refractivity contribution in [2.45, 2.75) is 25.5 Å². The maximum absolute atomic E-state index is 12.5. The molecule has 1 aromatic rings. The van der Waals surface area contributed by atoms with Crippen LogP contribution in [0.15, 0.2) is 29.3 Å². The fourth-order valence-electron chi connectivity index (χ4n) is 3.75. The Kier molecular flexibility index (Phi) is 8.33. The lowest BCUT2D eigenvalue weighted by Crippen LogP contribution is -2.55. The highest BCUT2D eigenvalue weighted by Crippen LogP contribution is 2.18. The van der Waals surface area contributed by atoms with Gasteiger partial charge in [0.25, 0.3) is 5.91 Å². The maximum Gasteiger partial charge on any atom is 0.251 e. The zero-order valence-corrected chi connectivity index (χ0v) is 18.5. The highest BCUT2D eigenvalue weighted by Gasteiger charge is 2.30. The van der Waals surface area contributed by atoms with E-state index in [4.69, 9.17) is 9.47 Å². The highest BCUT2D eigenvalue weighted by atomic mass is 16.5. The molecule has 1 amide bonds. The highest BCUT2D eigenvalue weighted by molar-refractivity contribution is 5.82. The third kappa shape index (κ3) is 6.09. The van der Waals surface area contributed by atoms with Crippen LogP contribution < -0.4 is 10.1 Å². The minimum absolute atomic E-state index is 0.138. The van der Waals surface area contributed by atoms with Gasteiger partial charge in [-0.1, -0.05) is 18.2 Å². The molecule has 2 aliphatic rings. The van der Waals surface area contributed by atoms with Crippen molar-refractivity contribution in [3.63, 3.8) is 0 Å². The van der Waals surface area contributed by atoms with Crippen LogP contribution in [0.1, 0.15) is 18.4 Å². The first-order chi connectivity index (χ1) is 14.6. The number of likely N-dealkylation sites (N-methyl/N-ethyl adjacent to an activating group) is 1. The molecule has 0 aromatic heterocycles. The first-order valence-corrected chi connectivity index (χ1v) is 10.8. The molecule has 2 aliphatic heterocycles. The fourth-order valence-corrected chi connectivity index (χ4v) is 3.75. The summed E-state index contributed by atoms with van der Waals surface area (Å²) in [4.78, 5) is 23.2. The number of hydrogen-bond donors (Lipinski definition) is 1. The zero-order valence-electron chi connectivity index (χ0n) is 18.5. The number of piperazine rings is 1. The van der Waals surface area contributed by atoms with Crippen LogP contribution in [0.2, 0.25) is 0 Å². The van der Waals surface area contributed by atoms with Crippen LogP contribution in [-0.2, 0) is 16.1 Å². The van der Waals surface area contributed by atoms with Crippen molar-refractivity contribution < 1.29 is 14.3 Å². The number of benzene rings is 1. The van der Waals surface area contributed by atoms with Crippen LogP contribution in [0.5, 0.6) is 5.75 Å². The molecule has 0 bridgehead atoms. The molecule has 2 saturated heterocycles. The van der Waals surface area contributed by atoms with Crippen LogP contribution >= 0.6 is 0 Å². The number of aliphatic imine (C=N–C) groups is 1. The van der Waals surface area contributed by atoms with Gasteiger partial charge in [-0.3, -0.25) is 9.79 Å². The van der Waals surface area contributed by atoms with Crippen molar-refractivity contribution in [3.8, 4) is 5.75 Å². The molecule has 0 aliphatic carbocycles. The van der Waals surface area contributed by atoms with E-state index >= 15 is 0 Å². The van der Waals surface area contributed by atoms with Crippen LogP contribution in [0.4, 0.5) is 0 Å². The summed E-state index contributed by atoms with van der Waals surface area (Å²) in [6, 6.07) is 8.09. The molecule has 3 rings (SSSR count). The van der Waals surface area contributed by atoms with E-state index in [0.717, 1.165) is 49.7 Å². The second-order valence-corrected chi connectivity index (χ2v) is 7.97. The summed E-state index contributed by atoms with van der Waals surface area (Å²) in [6.07, 6.45) is 1.59. The van der Waals surface area contributed by atoms with Gasteiger partial charge in [-0.15, -0.1) is 0 Å². The fraction of sp³-hybridized carbons (Fsp3) is 0.636. The molecule has 166 valence electrons. The predicted molar refractivity (Wildman–Crippen MR) is 118 cm³/mol. The topological polar surface area (TPSA) is 69.6 Å². The van der Waals surface area contributed by atoms with Crippen LogP contribution in [0.3, 0.4) is 0 Å². The van der Waals surface area contributed by atoms with Gasteiger partial charge in [-0.2, -0.15) is 0 Å². The summed E-state index contributed by atoms with van der Waals surface area (Å²) in [6.45, 7) is 5.79. The summed E-state index contributed by atoms with van der Waals surface area (Å²) >= 11 is 0. The number of amides is 1. The van der Waals surface area contributed by atoms with Crippen molar-refractivity contribution in [1.29, 1.82) is 0 Å². The Bertz CT molecular complexity index is 710. The summed E-state index contributed by atoms with van der Waals surface area (Å²) in [7, 11) is 5.87. The molecule has 1 atom stereocenters. The van der Waals surface area contributed by atoms with Crippen LogP contribution in [0, 0.1) is 0 Å². The zero-order chi connectivity index (χ0) is 21.3. The average molecular weight is 418 g/mol. The lowest BCUT2D eigenvalue weighted by molar-refractivity contribution is -0.142. The van der Waals surface area contributed by atoms with Crippen LogP contribution in [0.25, 0.3) is 0 Å². The Hall–Kier alpha value is -2.32. The minimum Gasteiger partial charge on any atom is -0.492 e. The van der Waals surface area contributed by atoms with Crippen molar-refractivity contribution in [3.05, 3.63) is 29.8 Å². The number of hydrogen-bond acceptors (Lipinski definition) is 5. The van der Waals surface area contributed by atoms with Crippen molar-refractivity contribution in [2.24, 2.45) is 4.99 Å². The van der Waals surface area contributed by atoms with Gasteiger partial charge >= 0.3 is 0 Å². The van der Waals surface area contributed by atoms with Gasteiger partial charge < -0.3 is 29.5 Å². The Morgan fingerprint density at radius 3 is 2.63 bits per heavy atom. The number of nitrogens with zero attached hydrogens (tertiary/aromatic N) is 4. The first-order valence-electron chi connectivity index (χ1n) is 10.8. The van der Waals surface area contributed by atoms with E-state index in [-0.39, 0.29) is 12.0 Å². The van der Waals surface area contributed by atoms with Gasteiger partial charge in [0, 0.05) is 58.5 Å². The lowest BCUT2D eigenvalue weighted by Gasteiger charge is -2.37. The van der Waals surface area contributed by atoms with Gasteiger partial charge in [-0.25, -0.2) is 0 Å². The monoisotopic (exact) mass is 417 g/mol. The molecular formula is C22H35N5O3. The van der Waals surface area contributed by atoms with Crippen LogP contribution in [-0.4, -0.2) is 99.8 Å². The Morgan fingerprint density at radius 2 is 1.97 bits per heavy atom. The van der Waals surface area contributed by atoms with Gasteiger partial charge in [-0.05, 0) is 33.0 Å². The smallest absolute Gasteiger partial charge is 0.251 e.